The number of rotatable bonds is 2. The molecule has 18 heavy (non-hydrogen) atoms. The molecule has 100 valence electrons. The summed E-state index contributed by atoms with van der Waals surface area (Å²) in [6.07, 6.45) is 7.21. The van der Waals surface area contributed by atoms with Crippen molar-refractivity contribution in [3.8, 4) is 0 Å². The summed E-state index contributed by atoms with van der Waals surface area (Å²) in [6.45, 7) is 1.91. The van der Waals surface area contributed by atoms with Gasteiger partial charge in [-0.25, -0.2) is 4.79 Å². The maximum Gasteiger partial charge on any atom is 0.320 e. The van der Waals surface area contributed by atoms with Crippen LogP contribution < -0.4 is 10.6 Å². The van der Waals surface area contributed by atoms with Gasteiger partial charge in [-0.15, -0.1) is 0 Å². The largest absolute Gasteiger partial charge is 0.335 e. The lowest BCUT2D eigenvalue weighted by molar-refractivity contribution is 0.247. The van der Waals surface area contributed by atoms with Crippen LogP contribution in [0.4, 0.5) is 10.6 Å². The van der Waals surface area contributed by atoms with Crippen LogP contribution in [0.25, 0.3) is 0 Å². The van der Waals surface area contributed by atoms with Gasteiger partial charge in [0, 0.05) is 19.2 Å². The molecule has 0 unspecified atom stereocenters. The first kappa shape index (κ1) is 12.9. The van der Waals surface area contributed by atoms with E-state index in [0.717, 1.165) is 24.4 Å². The van der Waals surface area contributed by atoms with Crippen LogP contribution in [0, 0.1) is 6.92 Å². The first-order valence-corrected chi connectivity index (χ1v) is 6.73. The van der Waals surface area contributed by atoms with Crippen molar-refractivity contribution in [2.45, 2.75) is 51.5 Å². The minimum absolute atomic E-state index is 0.120. The van der Waals surface area contributed by atoms with Crippen molar-refractivity contribution in [1.82, 2.24) is 15.1 Å². The molecule has 2 N–H and O–H groups in total. The second kappa shape index (κ2) is 5.89. The van der Waals surface area contributed by atoms with Gasteiger partial charge in [0.25, 0.3) is 0 Å². The lowest BCUT2D eigenvalue weighted by Crippen LogP contribution is -2.38. The van der Waals surface area contributed by atoms with Crippen LogP contribution in [0.1, 0.15) is 44.2 Å². The van der Waals surface area contributed by atoms with Crippen molar-refractivity contribution in [2.24, 2.45) is 7.05 Å². The van der Waals surface area contributed by atoms with Gasteiger partial charge in [0.1, 0.15) is 5.82 Å². The normalized spacial score (nSPS) is 17.2. The minimum Gasteiger partial charge on any atom is -0.335 e. The molecule has 1 aromatic heterocycles. The highest BCUT2D eigenvalue weighted by Crippen LogP contribution is 2.17. The first-order chi connectivity index (χ1) is 8.65. The van der Waals surface area contributed by atoms with Crippen LogP contribution in [-0.4, -0.2) is 21.9 Å². The van der Waals surface area contributed by atoms with Gasteiger partial charge in [-0.2, -0.15) is 5.10 Å². The molecule has 1 aromatic rings. The van der Waals surface area contributed by atoms with E-state index in [1.165, 1.54) is 25.7 Å². The Morgan fingerprint density at radius 1 is 1.33 bits per heavy atom. The standard InChI is InChI=1S/C13H22N4O/c1-10-9-12(17(2)16-10)15-13(18)14-11-7-5-3-4-6-8-11/h9,11H,3-8H2,1-2H3,(H2,14,15,18). The van der Waals surface area contributed by atoms with E-state index in [2.05, 4.69) is 15.7 Å². The number of amides is 2. The lowest BCUT2D eigenvalue weighted by atomic mass is 10.1. The first-order valence-electron chi connectivity index (χ1n) is 6.73. The Hall–Kier alpha value is -1.52. The Labute approximate surface area is 108 Å². The number of hydrogen-bond donors (Lipinski definition) is 2. The van der Waals surface area contributed by atoms with E-state index in [9.17, 15) is 4.79 Å². The van der Waals surface area contributed by atoms with Gasteiger partial charge < -0.3 is 5.32 Å². The maximum atomic E-state index is 11.9. The third-order valence-corrected chi connectivity index (χ3v) is 3.43. The van der Waals surface area contributed by atoms with E-state index in [1.54, 1.807) is 4.68 Å². The fraction of sp³-hybridized carbons (Fsp3) is 0.692. The summed E-state index contributed by atoms with van der Waals surface area (Å²) in [7, 11) is 1.83. The van der Waals surface area contributed by atoms with Crippen LogP contribution in [0.3, 0.4) is 0 Å². The van der Waals surface area contributed by atoms with Gasteiger partial charge in [0.05, 0.1) is 5.69 Å². The Morgan fingerprint density at radius 3 is 2.56 bits per heavy atom. The van der Waals surface area contributed by atoms with E-state index in [0.29, 0.717) is 6.04 Å². The Morgan fingerprint density at radius 2 is 2.00 bits per heavy atom. The van der Waals surface area contributed by atoms with Crippen molar-refractivity contribution in [3.63, 3.8) is 0 Å². The molecule has 1 aliphatic carbocycles. The molecule has 1 aliphatic rings. The van der Waals surface area contributed by atoms with Gasteiger partial charge in [-0.3, -0.25) is 10.00 Å². The SMILES string of the molecule is Cc1cc(NC(=O)NC2CCCCCC2)n(C)n1. The summed E-state index contributed by atoms with van der Waals surface area (Å²) < 4.78 is 1.68. The van der Waals surface area contributed by atoms with Crippen LogP contribution in [0.5, 0.6) is 0 Å². The van der Waals surface area contributed by atoms with E-state index >= 15 is 0 Å². The highest BCUT2D eigenvalue weighted by atomic mass is 16.2. The number of nitrogens with one attached hydrogen (secondary N) is 2. The molecule has 2 amide bonds. The fourth-order valence-electron chi connectivity index (χ4n) is 2.49. The topological polar surface area (TPSA) is 59.0 Å². The summed E-state index contributed by atoms with van der Waals surface area (Å²) in [6, 6.07) is 2.07. The summed E-state index contributed by atoms with van der Waals surface area (Å²) in [5.41, 5.74) is 0.905. The second-order valence-corrected chi connectivity index (χ2v) is 5.08. The van der Waals surface area contributed by atoms with Gasteiger partial charge in [0.15, 0.2) is 0 Å². The number of aryl methyl sites for hydroxylation is 2. The summed E-state index contributed by atoms with van der Waals surface area (Å²) in [4.78, 5) is 11.9. The van der Waals surface area contributed by atoms with Crippen LogP contribution in [0.2, 0.25) is 0 Å². The lowest BCUT2D eigenvalue weighted by Gasteiger charge is -2.16. The molecule has 0 radical (unpaired) electrons. The molecule has 1 saturated carbocycles. The Kier molecular flexibility index (Phi) is 4.23. The average Bonchev–Trinajstić information content (AvgIpc) is 2.54. The van der Waals surface area contributed by atoms with E-state index in [1.807, 2.05) is 20.0 Å². The number of urea groups is 1. The van der Waals surface area contributed by atoms with Gasteiger partial charge in [0.2, 0.25) is 0 Å². The van der Waals surface area contributed by atoms with Crippen LogP contribution in [-0.2, 0) is 7.05 Å². The van der Waals surface area contributed by atoms with Crippen molar-refractivity contribution in [1.29, 1.82) is 0 Å². The zero-order valence-corrected chi connectivity index (χ0v) is 11.2. The van der Waals surface area contributed by atoms with Crippen molar-refractivity contribution in [3.05, 3.63) is 11.8 Å². The molecule has 0 spiro atoms. The summed E-state index contributed by atoms with van der Waals surface area (Å²) >= 11 is 0. The van der Waals surface area contributed by atoms with Crippen LogP contribution >= 0.6 is 0 Å². The molecule has 0 aromatic carbocycles. The molecule has 1 heterocycles. The number of carbonyl (C=O) groups excluding carboxylic acids is 1. The number of carbonyl (C=O) groups is 1. The Balaban J connectivity index is 1.86. The molecule has 0 atom stereocenters. The molecule has 0 bridgehead atoms. The van der Waals surface area contributed by atoms with Crippen LogP contribution in [0.15, 0.2) is 6.07 Å². The zero-order valence-electron chi connectivity index (χ0n) is 11.2. The predicted octanol–water partition coefficient (Wildman–Crippen LogP) is 2.57. The molecular weight excluding hydrogens is 228 g/mol. The van der Waals surface area contributed by atoms with Gasteiger partial charge in [-0.1, -0.05) is 25.7 Å². The number of hydrogen-bond acceptors (Lipinski definition) is 2. The molecular formula is C13H22N4O. The third-order valence-electron chi connectivity index (χ3n) is 3.43. The molecule has 5 heteroatoms. The summed E-state index contributed by atoms with van der Waals surface area (Å²) in [5.74, 6) is 0.735. The monoisotopic (exact) mass is 250 g/mol. The maximum absolute atomic E-state index is 11.9. The second-order valence-electron chi connectivity index (χ2n) is 5.08. The highest BCUT2D eigenvalue weighted by Gasteiger charge is 2.15. The van der Waals surface area contributed by atoms with Crippen molar-refractivity contribution < 1.29 is 4.79 Å². The molecule has 0 aliphatic heterocycles. The number of anilines is 1. The molecule has 0 saturated heterocycles. The summed E-state index contributed by atoms with van der Waals surface area (Å²) in [5, 5.41) is 10.1. The Bertz CT molecular complexity index is 405. The molecule has 2 rings (SSSR count). The fourth-order valence-corrected chi connectivity index (χ4v) is 2.49. The van der Waals surface area contributed by atoms with Crippen molar-refractivity contribution >= 4 is 11.8 Å². The number of nitrogens with zero attached hydrogens (tertiary/aromatic N) is 2. The molecule has 5 nitrogen and oxygen atoms in total. The van der Waals surface area contributed by atoms with E-state index < -0.39 is 0 Å². The van der Waals surface area contributed by atoms with E-state index in [4.69, 9.17) is 0 Å². The predicted molar refractivity (Wildman–Crippen MR) is 71.6 cm³/mol. The van der Waals surface area contributed by atoms with E-state index in [-0.39, 0.29) is 6.03 Å². The molecule has 1 fully saturated rings. The van der Waals surface area contributed by atoms with Gasteiger partial charge in [-0.05, 0) is 19.8 Å². The quantitative estimate of drug-likeness (QED) is 0.792. The van der Waals surface area contributed by atoms with Crippen molar-refractivity contribution in [2.75, 3.05) is 5.32 Å². The highest BCUT2D eigenvalue weighted by molar-refractivity contribution is 5.88. The third kappa shape index (κ3) is 3.48. The zero-order chi connectivity index (χ0) is 13.0. The average molecular weight is 250 g/mol. The number of aromatic nitrogens is 2. The minimum atomic E-state index is -0.120. The smallest absolute Gasteiger partial charge is 0.320 e. The van der Waals surface area contributed by atoms with Gasteiger partial charge >= 0.3 is 6.03 Å².